The topological polar surface area (TPSA) is 90.6 Å². The van der Waals surface area contributed by atoms with Crippen molar-refractivity contribution < 1.29 is 14.3 Å². The van der Waals surface area contributed by atoms with E-state index in [2.05, 4.69) is 20.4 Å². The summed E-state index contributed by atoms with van der Waals surface area (Å²) in [5.41, 5.74) is 0.577. The molecule has 2 aromatic heterocycles. The lowest BCUT2D eigenvalue weighted by atomic mass is 10.2. The molecule has 0 atom stereocenters. The summed E-state index contributed by atoms with van der Waals surface area (Å²) in [5, 5.41) is 7.61. The van der Waals surface area contributed by atoms with Gasteiger partial charge in [0.05, 0.1) is 24.7 Å². The number of ether oxygens (including phenoxy) is 2. The first-order valence-electron chi connectivity index (χ1n) is 8.19. The second kappa shape index (κ2) is 8.52. The summed E-state index contributed by atoms with van der Waals surface area (Å²) in [5.74, 6) is 1.76. The number of carbonyl (C=O) groups is 1. The van der Waals surface area contributed by atoms with Gasteiger partial charge in [-0.1, -0.05) is 11.8 Å². The Hall–Kier alpha value is -2.81. The van der Waals surface area contributed by atoms with Gasteiger partial charge in [0.15, 0.2) is 0 Å². The molecule has 0 saturated carbocycles. The van der Waals surface area contributed by atoms with Crippen LogP contribution in [-0.2, 0) is 4.79 Å². The first-order valence-corrected chi connectivity index (χ1v) is 9.18. The van der Waals surface area contributed by atoms with E-state index in [1.54, 1.807) is 35.1 Å². The molecular formula is C17H19N5O3S. The molecule has 136 valence electrons. The van der Waals surface area contributed by atoms with Crippen LogP contribution in [0.4, 0.5) is 5.69 Å². The van der Waals surface area contributed by atoms with Gasteiger partial charge < -0.3 is 14.8 Å². The number of benzene rings is 1. The van der Waals surface area contributed by atoms with Gasteiger partial charge in [0.1, 0.15) is 11.5 Å². The normalized spacial score (nSPS) is 10.7. The molecule has 26 heavy (non-hydrogen) atoms. The number of thioether (sulfide) groups is 1. The maximum atomic E-state index is 12.3. The first-order chi connectivity index (χ1) is 12.7. The Morgan fingerprint density at radius 2 is 2.12 bits per heavy atom. The van der Waals surface area contributed by atoms with E-state index in [9.17, 15) is 4.79 Å². The highest BCUT2D eigenvalue weighted by Crippen LogP contribution is 2.29. The van der Waals surface area contributed by atoms with Gasteiger partial charge in [0.2, 0.25) is 11.1 Å². The Balaban J connectivity index is 1.65. The zero-order chi connectivity index (χ0) is 18.4. The average Bonchev–Trinajstić information content (AvgIpc) is 3.05. The third kappa shape index (κ3) is 4.42. The van der Waals surface area contributed by atoms with Crippen LogP contribution in [0.15, 0.2) is 41.8 Å². The molecule has 2 heterocycles. The second-order valence-corrected chi connectivity index (χ2v) is 6.06. The van der Waals surface area contributed by atoms with Gasteiger partial charge in [-0.25, -0.2) is 9.50 Å². The van der Waals surface area contributed by atoms with Gasteiger partial charge in [-0.05, 0) is 32.0 Å². The van der Waals surface area contributed by atoms with Gasteiger partial charge in [0.25, 0.3) is 5.78 Å². The molecule has 3 rings (SSSR count). The SMILES string of the molecule is CCOc1ccc(OCC)c(NC(=O)CSc2nc3ncccn3n2)c1. The number of fused-ring (bicyclic) bond motifs is 1. The molecule has 8 nitrogen and oxygen atoms in total. The van der Waals surface area contributed by atoms with E-state index in [1.165, 1.54) is 11.8 Å². The van der Waals surface area contributed by atoms with Gasteiger partial charge in [0, 0.05) is 18.5 Å². The van der Waals surface area contributed by atoms with Gasteiger partial charge in [-0.15, -0.1) is 5.10 Å². The lowest BCUT2D eigenvalue weighted by Crippen LogP contribution is -2.15. The number of aromatic nitrogens is 4. The van der Waals surface area contributed by atoms with E-state index in [1.807, 2.05) is 19.9 Å². The Labute approximate surface area is 154 Å². The maximum Gasteiger partial charge on any atom is 0.253 e. The standard InChI is InChI=1S/C17H19N5O3S/c1-3-24-12-6-7-14(25-4-2)13(10-12)19-15(23)11-26-17-20-16-18-8-5-9-22(16)21-17/h5-10H,3-4,11H2,1-2H3,(H,19,23). The average molecular weight is 373 g/mol. The molecule has 0 fully saturated rings. The molecule has 0 radical (unpaired) electrons. The second-order valence-electron chi connectivity index (χ2n) is 5.12. The number of hydrogen-bond acceptors (Lipinski definition) is 7. The molecular weight excluding hydrogens is 354 g/mol. The van der Waals surface area contributed by atoms with Crippen LogP contribution in [0.2, 0.25) is 0 Å². The summed E-state index contributed by atoms with van der Waals surface area (Å²) in [7, 11) is 0. The van der Waals surface area contributed by atoms with Crippen LogP contribution in [-0.4, -0.2) is 44.5 Å². The van der Waals surface area contributed by atoms with Crippen molar-refractivity contribution in [2.24, 2.45) is 0 Å². The number of anilines is 1. The minimum absolute atomic E-state index is 0.168. The third-order valence-corrected chi connectivity index (χ3v) is 4.10. The summed E-state index contributed by atoms with van der Waals surface area (Å²) in [6.07, 6.45) is 3.40. The van der Waals surface area contributed by atoms with Crippen LogP contribution in [0.5, 0.6) is 11.5 Å². The van der Waals surface area contributed by atoms with Crippen molar-refractivity contribution in [3.8, 4) is 11.5 Å². The fourth-order valence-electron chi connectivity index (χ4n) is 2.24. The van der Waals surface area contributed by atoms with E-state index in [-0.39, 0.29) is 11.7 Å². The highest BCUT2D eigenvalue weighted by molar-refractivity contribution is 7.99. The molecule has 9 heteroatoms. The predicted molar refractivity (Wildman–Crippen MR) is 98.9 cm³/mol. The van der Waals surface area contributed by atoms with Crippen molar-refractivity contribution >= 4 is 29.1 Å². The Morgan fingerprint density at radius 3 is 2.88 bits per heavy atom. The third-order valence-electron chi connectivity index (χ3n) is 3.27. The van der Waals surface area contributed by atoms with Crippen molar-refractivity contribution in [1.29, 1.82) is 0 Å². The largest absolute Gasteiger partial charge is 0.494 e. The fraction of sp³-hybridized carbons (Fsp3) is 0.294. The minimum atomic E-state index is -0.184. The summed E-state index contributed by atoms with van der Waals surface area (Å²) >= 11 is 1.24. The number of nitrogens with zero attached hydrogens (tertiary/aromatic N) is 4. The number of nitrogens with one attached hydrogen (secondary N) is 1. The van der Waals surface area contributed by atoms with Crippen molar-refractivity contribution in [2.75, 3.05) is 24.3 Å². The Bertz CT molecular complexity index is 866. The summed E-state index contributed by atoms with van der Waals surface area (Å²) in [6.45, 7) is 4.84. The van der Waals surface area contributed by atoms with Crippen LogP contribution >= 0.6 is 11.8 Å². The Kier molecular flexibility index (Phi) is 5.90. The zero-order valence-electron chi connectivity index (χ0n) is 14.5. The molecule has 0 aliphatic carbocycles. The Morgan fingerprint density at radius 1 is 1.27 bits per heavy atom. The van der Waals surface area contributed by atoms with Crippen molar-refractivity contribution in [3.63, 3.8) is 0 Å². The molecule has 1 aromatic carbocycles. The molecule has 1 N–H and O–H groups in total. The summed E-state index contributed by atoms with van der Waals surface area (Å²) < 4.78 is 12.6. The van der Waals surface area contributed by atoms with E-state index in [0.29, 0.717) is 41.3 Å². The van der Waals surface area contributed by atoms with E-state index in [0.717, 1.165) is 0 Å². The molecule has 0 unspecified atom stereocenters. The number of rotatable bonds is 8. The summed E-state index contributed by atoms with van der Waals surface area (Å²) in [6, 6.07) is 7.12. The zero-order valence-corrected chi connectivity index (χ0v) is 15.3. The van der Waals surface area contributed by atoms with Crippen LogP contribution in [0.1, 0.15) is 13.8 Å². The van der Waals surface area contributed by atoms with Gasteiger partial charge in [-0.3, -0.25) is 4.79 Å². The molecule has 0 aliphatic rings. The van der Waals surface area contributed by atoms with E-state index in [4.69, 9.17) is 9.47 Å². The lowest BCUT2D eigenvalue weighted by Gasteiger charge is -2.13. The highest BCUT2D eigenvalue weighted by atomic mass is 32.2. The molecule has 0 bridgehead atoms. The molecule has 3 aromatic rings. The van der Waals surface area contributed by atoms with Crippen LogP contribution < -0.4 is 14.8 Å². The number of hydrogen-bond donors (Lipinski definition) is 1. The van der Waals surface area contributed by atoms with E-state index < -0.39 is 0 Å². The first kappa shape index (κ1) is 18.0. The molecule has 0 spiro atoms. The van der Waals surface area contributed by atoms with Crippen molar-refractivity contribution in [2.45, 2.75) is 19.0 Å². The van der Waals surface area contributed by atoms with Crippen LogP contribution in [0.25, 0.3) is 5.78 Å². The molecule has 0 aliphatic heterocycles. The van der Waals surface area contributed by atoms with E-state index >= 15 is 0 Å². The van der Waals surface area contributed by atoms with Crippen molar-refractivity contribution in [3.05, 3.63) is 36.7 Å². The summed E-state index contributed by atoms with van der Waals surface area (Å²) in [4.78, 5) is 20.7. The monoisotopic (exact) mass is 373 g/mol. The predicted octanol–water partition coefficient (Wildman–Crippen LogP) is 2.65. The maximum absolute atomic E-state index is 12.3. The quantitative estimate of drug-likeness (QED) is 0.607. The smallest absolute Gasteiger partial charge is 0.253 e. The molecule has 1 amide bonds. The van der Waals surface area contributed by atoms with Crippen molar-refractivity contribution in [1.82, 2.24) is 19.6 Å². The lowest BCUT2D eigenvalue weighted by molar-refractivity contribution is -0.113. The minimum Gasteiger partial charge on any atom is -0.494 e. The van der Waals surface area contributed by atoms with Gasteiger partial charge >= 0.3 is 0 Å². The van der Waals surface area contributed by atoms with Crippen LogP contribution in [0, 0.1) is 0 Å². The highest BCUT2D eigenvalue weighted by Gasteiger charge is 2.12. The molecule has 0 saturated heterocycles. The fourth-order valence-corrected chi connectivity index (χ4v) is 2.86. The van der Waals surface area contributed by atoms with Crippen LogP contribution in [0.3, 0.4) is 0 Å². The van der Waals surface area contributed by atoms with Gasteiger partial charge in [-0.2, -0.15) is 4.98 Å². The number of amides is 1. The number of carbonyl (C=O) groups excluding carboxylic acids is 1.